The normalized spacial score (nSPS) is 20.0. The minimum Gasteiger partial charge on any atom is -0.444 e. The number of ether oxygens (including phenoxy) is 1. The van der Waals surface area contributed by atoms with E-state index in [0.29, 0.717) is 0 Å². The lowest BCUT2D eigenvalue weighted by molar-refractivity contribution is 0.0175. The van der Waals surface area contributed by atoms with E-state index in [1.807, 2.05) is 46.6 Å². The third-order valence-electron chi connectivity index (χ3n) is 3.77. The van der Waals surface area contributed by atoms with Gasteiger partial charge in [-0.05, 0) is 67.1 Å². The number of carbonyl (C=O) groups is 1. The highest BCUT2D eigenvalue weighted by molar-refractivity contribution is 5.68. The Labute approximate surface area is 130 Å². The lowest BCUT2D eigenvalue weighted by atomic mass is 10.1. The highest BCUT2D eigenvalue weighted by Gasteiger charge is 2.26. The third kappa shape index (κ3) is 6.66. The Kier molecular flexibility index (Phi) is 6.94. The van der Waals surface area contributed by atoms with Gasteiger partial charge in [-0.15, -0.1) is 0 Å². The number of carbonyl (C=O) groups excluding carboxylic acids is 1. The molecule has 0 aromatic heterocycles. The molecule has 1 fully saturated rings. The van der Waals surface area contributed by atoms with Crippen molar-refractivity contribution in [3.63, 3.8) is 0 Å². The quantitative estimate of drug-likeness (QED) is 0.816. The Hall–Kier alpha value is -0.810. The van der Waals surface area contributed by atoms with Crippen LogP contribution >= 0.6 is 0 Å². The standard InChI is InChI=1S/C16H33N3O2/c1-13(2)19(15(20)21-16(3,4)5)10-9-18-8-7-14(12-18)11-17-6/h13-14,17H,7-12H2,1-6H3. The number of amides is 1. The van der Waals surface area contributed by atoms with Crippen molar-refractivity contribution in [3.05, 3.63) is 0 Å². The fourth-order valence-electron chi connectivity index (χ4n) is 2.70. The smallest absolute Gasteiger partial charge is 0.410 e. The van der Waals surface area contributed by atoms with Crippen molar-refractivity contribution in [2.45, 2.75) is 52.7 Å². The molecule has 1 atom stereocenters. The van der Waals surface area contributed by atoms with E-state index < -0.39 is 5.60 Å². The highest BCUT2D eigenvalue weighted by Crippen LogP contribution is 2.16. The average molecular weight is 299 g/mol. The van der Waals surface area contributed by atoms with E-state index in [4.69, 9.17) is 4.74 Å². The van der Waals surface area contributed by atoms with Crippen molar-refractivity contribution in [2.24, 2.45) is 5.92 Å². The Morgan fingerprint density at radius 1 is 1.43 bits per heavy atom. The van der Waals surface area contributed by atoms with Crippen LogP contribution in [-0.4, -0.2) is 67.3 Å². The number of hydrogen-bond donors (Lipinski definition) is 1. The van der Waals surface area contributed by atoms with Crippen LogP contribution in [0.4, 0.5) is 4.79 Å². The molecular weight excluding hydrogens is 266 g/mol. The zero-order valence-corrected chi connectivity index (χ0v) is 14.6. The molecule has 1 rings (SSSR count). The van der Waals surface area contributed by atoms with E-state index in [-0.39, 0.29) is 12.1 Å². The minimum atomic E-state index is -0.435. The Balaban J connectivity index is 2.43. The predicted molar refractivity (Wildman–Crippen MR) is 86.5 cm³/mol. The van der Waals surface area contributed by atoms with Crippen molar-refractivity contribution in [1.29, 1.82) is 0 Å². The first-order chi connectivity index (χ1) is 9.73. The van der Waals surface area contributed by atoms with Crippen LogP contribution in [0, 0.1) is 5.92 Å². The van der Waals surface area contributed by atoms with E-state index in [0.717, 1.165) is 38.6 Å². The van der Waals surface area contributed by atoms with Gasteiger partial charge in [0, 0.05) is 25.7 Å². The molecule has 1 heterocycles. The summed E-state index contributed by atoms with van der Waals surface area (Å²) in [7, 11) is 2.01. The zero-order valence-electron chi connectivity index (χ0n) is 14.6. The van der Waals surface area contributed by atoms with Crippen molar-refractivity contribution >= 4 is 6.09 Å². The molecule has 0 spiro atoms. The van der Waals surface area contributed by atoms with Crippen LogP contribution in [0.5, 0.6) is 0 Å². The fraction of sp³-hybridized carbons (Fsp3) is 0.938. The van der Waals surface area contributed by atoms with Gasteiger partial charge >= 0.3 is 6.09 Å². The van der Waals surface area contributed by atoms with Crippen LogP contribution in [0.25, 0.3) is 0 Å². The summed E-state index contributed by atoms with van der Waals surface area (Å²) < 4.78 is 5.49. The molecule has 1 aliphatic rings. The lowest BCUT2D eigenvalue weighted by Gasteiger charge is -2.31. The molecule has 1 saturated heterocycles. The van der Waals surface area contributed by atoms with Crippen LogP contribution in [0.2, 0.25) is 0 Å². The van der Waals surface area contributed by atoms with E-state index in [1.165, 1.54) is 6.42 Å². The molecule has 0 radical (unpaired) electrons. The monoisotopic (exact) mass is 299 g/mol. The summed E-state index contributed by atoms with van der Waals surface area (Å²) in [6.07, 6.45) is 1.04. The number of hydrogen-bond acceptors (Lipinski definition) is 4. The second kappa shape index (κ2) is 7.99. The van der Waals surface area contributed by atoms with Crippen LogP contribution in [0.15, 0.2) is 0 Å². The van der Waals surface area contributed by atoms with Gasteiger partial charge in [-0.1, -0.05) is 0 Å². The first-order valence-corrected chi connectivity index (χ1v) is 8.09. The second-order valence-electron chi connectivity index (χ2n) is 7.28. The SMILES string of the molecule is CNCC1CCN(CCN(C(=O)OC(C)(C)C)C(C)C)C1. The number of rotatable bonds is 6. The molecule has 1 unspecified atom stereocenters. The zero-order chi connectivity index (χ0) is 16.0. The van der Waals surface area contributed by atoms with Crippen molar-refractivity contribution in [3.8, 4) is 0 Å². The molecule has 124 valence electrons. The molecule has 0 bridgehead atoms. The first-order valence-electron chi connectivity index (χ1n) is 8.09. The maximum atomic E-state index is 12.2. The van der Waals surface area contributed by atoms with Gasteiger partial charge in [-0.2, -0.15) is 0 Å². The van der Waals surface area contributed by atoms with Gasteiger partial charge in [-0.3, -0.25) is 0 Å². The van der Waals surface area contributed by atoms with Gasteiger partial charge in [0.2, 0.25) is 0 Å². The second-order valence-corrected chi connectivity index (χ2v) is 7.28. The minimum absolute atomic E-state index is 0.163. The van der Waals surface area contributed by atoms with Gasteiger partial charge in [0.1, 0.15) is 5.60 Å². The van der Waals surface area contributed by atoms with Gasteiger partial charge in [0.15, 0.2) is 0 Å². The molecular formula is C16H33N3O2. The number of likely N-dealkylation sites (tertiary alicyclic amines) is 1. The summed E-state index contributed by atoms with van der Waals surface area (Å²) in [6.45, 7) is 14.8. The van der Waals surface area contributed by atoms with E-state index in [1.54, 1.807) is 0 Å². The topological polar surface area (TPSA) is 44.8 Å². The number of nitrogens with zero attached hydrogens (tertiary/aromatic N) is 2. The van der Waals surface area contributed by atoms with E-state index in [2.05, 4.69) is 10.2 Å². The predicted octanol–water partition coefficient (Wildman–Crippen LogP) is 2.17. The van der Waals surface area contributed by atoms with Crippen LogP contribution < -0.4 is 5.32 Å². The Morgan fingerprint density at radius 3 is 2.62 bits per heavy atom. The van der Waals surface area contributed by atoms with Crippen molar-refractivity contribution in [2.75, 3.05) is 39.8 Å². The van der Waals surface area contributed by atoms with Gasteiger partial charge < -0.3 is 19.9 Å². The van der Waals surface area contributed by atoms with Gasteiger partial charge in [0.25, 0.3) is 0 Å². The summed E-state index contributed by atoms with van der Waals surface area (Å²) in [5.41, 5.74) is -0.435. The highest BCUT2D eigenvalue weighted by atomic mass is 16.6. The average Bonchev–Trinajstić information content (AvgIpc) is 2.74. The maximum Gasteiger partial charge on any atom is 0.410 e. The molecule has 0 aromatic rings. The Bertz CT molecular complexity index is 326. The van der Waals surface area contributed by atoms with Crippen LogP contribution in [0.3, 0.4) is 0 Å². The van der Waals surface area contributed by atoms with E-state index in [9.17, 15) is 4.79 Å². The molecule has 1 amide bonds. The summed E-state index contributed by atoms with van der Waals surface area (Å²) >= 11 is 0. The van der Waals surface area contributed by atoms with Crippen LogP contribution in [-0.2, 0) is 4.74 Å². The summed E-state index contributed by atoms with van der Waals surface area (Å²) in [5, 5.41) is 3.25. The van der Waals surface area contributed by atoms with Gasteiger partial charge in [-0.25, -0.2) is 4.79 Å². The number of nitrogens with one attached hydrogen (secondary N) is 1. The summed E-state index contributed by atoms with van der Waals surface area (Å²) in [5.74, 6) is 0.740. The van der Waals surface area contributed by atoms with Gasteiger partial charge in [0.05, 0.1) is 0 Å². The molecule has 0 aromatic carbocycles. The largest absolute Gasteiger partial charge is 0.444 e. The Morgan fingerprint density at radius 2 is 2.10 bits per heavy atom. The van der Waals surface area contributed by atoms with E-state index >= 15 is 0 Å². The maximum absolute atomic E-state index is 12.2. The fourth-order valence-corrected chi connectivity index (χ4v) is 2.70. The molecule has 1 aliphatic heterocycles. The molecule has 0 aliphatic carbocycles. The summed E-state index contributed by atoms with van der Waals surface area (Å²) in [6, 6.07) is 0.163. The van der Waals surface area contributed by atoms with Crippen LogP contribution in [0.1, 0.15) is 41.0 Å². The molecule has 5 nitrogen and oxygen atoms in total. The molecule has 0 saturated carbocycles. The molecule has 21 heavy (non-hydrogen) atoms. The summed E-state index contributed by atoms with van der Waals surface area (Å²) in [4.78, 5) is 16.5. The van der Waals surface area contributed by atoms with Crippen molar-refractivity contribution in [1.82, 2.24) is 15.1 Å². The lowest BCUT2D eigenvalue weighted by Crippen LogP contribution is -2.44. The third-order valence-corrected chi connectivity index (χ3v) is 3.77. The van der Waals surface area contributed by atoms with Crippen molar-refractivity contribution < 1.29 is 9.53 Å². The first kappa shape index (κ1) is 18.2. The molecule has 5 heteroatoms. The molecule has 1 N–H and O–H groups in total.